The van der Waals surface area contributed by atoms with Crippen molar-refractivity contribution in [2.24, 2.45) is 5.92 Å². The van der Waals surface area contributed by atoms with E-state index >= 15 is 0 Å². The monoisotopic (exact) mass is 170 g/mol. The molecule has 0 aromatic heterocycles. The fourth-order valence-corrected chi connectivity index (χ4v) is 1.47. The minimum Gasteiger partial charge on any atom is -0.315 e. The molecule has 0 amide bonds. The molecule has 1 heterocycles. The minimum absolute atomic E-state index is 0.274. The fourth-order valence-electron chi connectivity index (χ4n) is 1.47. The van der Waals surface area contributed by atoms with Gasteiger partial charge in [-0.15, -0.1) is 0 Å². The summed E-state index contributed by atoms with van der Waals surface area (Å²) in [6.45, 7) is 11.4. The molecule has 12 heavy (non-hydrogen) atoms. The van der Waals surface area contributed by atoms with Gasteiger partial charge in [0.05, 0.1) is 0 Å². The van der Waals surface area contributed by atoms with E-state index in [-0.39, 0.29) is 5.54 Å². The molecule has 2 N–H and O–H groups in total. The normalized spacial score (nSPS) is 25.2. The van der Waals surface area contributed by atoms with Gasteiger partial charge in [0.25, 0.3) is 0 Å². The molecule has 72 valence electrons. The first-order valence-corrected chi connectivity index (χ1v) is 5.01. The molecule has 0 bridgehead atoms. The van der Waals surface area contributed by atoms with Crippen LogP contribution < -0.4 is 10.6 Å². The van der Waals surface area contributed by atoms with Gasteiger partial charge in [-0.1, -0.05) is 13.8 Å². The fraction of sp³-hybridized carbons (Fsp3) is 1.00. The van der Waals surface area contributed by atoms with Crippen molar-refractivity contribution in [3.05, 3.63) is 0 Å². The number of hydrogen-bond donors (Lipinski definition) is 2. The van der Waals surface area contributed by atoms with Crippen molar-refractivity contribution in [1.29, 1.82) is 0 Å². The van der Waals surface area contributed by atoms with Gasteiger partial charge in [-0.3, -0.25) is 0 Å². The van der Waals surface area contributed by atoms with Crippen LogP contribution in [0.15, 0.2) is 0 Å². The van der Waals surface area contributed by atoms with Gasteiger partial charge in [0.15, 0.2) is 0 Å². The lowest BCUT2D eigenvalue weighted by atomic mass is 9.90. The Hall–Kier alpha value is -0.0800. The quantitative estimate of drug-likeness (QED) is 0.668. The van der Waals surface area contributed by atoms with Crippen LogP contribution >= 0.6 is 0 Å². The number of nitrogens with one attached hydrogen (secondary N) is 2. The third-order valence-corrected chi connectivity index (χ3v) is 3.08. The molecule has 0 spiro atoms. The van der Waals surface area contributed by atoms with Gasteiger partial charge in [-0.05, 0) is 32.7 Å². The molecule has 0 aliphatic carbocycles. The lowest BCUT2D eigenvalue weighted by molar-refractivity contribution is 0.260. The predicted molar refractivity (Wildman–Crippen MR) is 53.3 cm³/mol. The molecule has 1 aliphatic heterocycles. The van der Waals surface area contributed by atoms with Crippen LogP contribution in [0.4, 0.5) is 0 Å². The summed E-state index contributed by atoms with van der Waals surface area (Å²) >= 11 is 0. The Balaban J connectivity index is 2.37. The van der Waals surface area contributed by atoms with Crippen molar-refractivity contribution >= 4 is 0 Å². The SMILES string of the molecule is CC(C)C(C)(C)NC1CCNC1. The highest BCUT2D eigenvalue weighted by atomic mass is 15.1. The third-order valence-electron chi connectivity index (χ3n) is 3.08. The highest BCUT2D eigenvalue weighted by Gasteiger charge is 2.26. The Kier molecular flexibility index (Phi) is 3.13. The van der Waals surface area contributed by atoms with Gasteiger partial charge in [0.2, 0.25) is 0 Å². The van der Waals surface area contributed by atoms with Crippen molar-refractivity contribution in [3.63, 3.8) is 0 Å². The molecule has 1 atom stereocenters. The molecule has 1 fully saturated rings. The van der Waals surface area contributed by atoms with E-state index in [9.17, 15) is 0 Å². The highest BCUT2D eigenvalue weighted by molar-refractivity contribution is 4.88. The molecule has 1 unspecified atom stereocenters. The summed E-state index contributed by atoms with van der Waals surface area (Å²) < 4.78 is 0. The maximum atomic E-state index is 3.69. The zero-order chi connectivity index (χ0) is 9.19. The first kappa shape index (κ1) is 10.0. The van der Waals surface area contributed by atoms with E-state index < -0.39 is 0 Å². The third kappa shape index (κ3) is 2.46. The molecule has 0 saturated carbocycles. The van der Waals surface area contributed by atoms with Crippen LogP contribution in [0.2, 0.25) is 0 Å². The van der Waals surface area contributed by atoms with Crippen molar-refractivity contribution in [2.45, 2.75) is 45.7 Å². The standard InChI is InChI=1S/C10H22N2/c1-8(2)10(3,4)12-9-5-6-11-7-9/h8-9,11-12H,5-7H2,1-4H3. The van der Waals surface area contributed by atoms with Gasteiger partial charge in [0, 0.05) is 18.1 Å². The second-order valence-electron chi connectivity index (χ2n) is 4.71. The van der Waals surface area contributed by atoms with Gasteiger partial charge in [-0.2, -0.15) is 0 Å². The van der Waals surface area contributed by atoms with Gasteiger partial charge < -0.3 is 10.6 Å². The van der Waals surface area contributed by atoms with Gasteiger partial charge >= 0.3 is 0 Å². The smallest absolute Gasteiger partial charge is 0.0209 e. The van der Waals surface area contributed by atoms with E-state index in [1.807, 2.05) is 0 Å². The van der Waals surface area contributed by atoms with Crippen molar-refractivity contribution in [3.8, 4) is 0 Å². The first-order valence-electron chi connectivity index (χ1n) is 5.01. The zero-order valence-corrected chi connectivity index (χ0v) is 8.78. The van der Waals surface area contributed by atoms with Crippen LogP contribution in [-0.4, -0.2) is 24.7 Å². The molecule has 2 heteroatoms. The van der Waals surface area contributed by atoms with E-state index in [1.165, 1.54) is 13.0 Å². The largest absolute Gasteiger partial charge is 0.315 e. The molecule has 1 aliphatic rings. The Morgan fingerprint density at radius 3 is 2.50 bits per heavy atom. The molecular formula is C10H22N2. The Morgan fingerprint density at radius 1 is 1.42 bits per heavy atom. The molecular weight excluding hydrogens is 148 g/mol. The van der Waals surface area contributed by atoms with E-state index in [0.717, 1.165) is 6.54 Å². The van der Waals surface area contributed by atoms with E-state index in [0.29, 0.717) is 12.0 Å². The van der Waals surface area contributed by atoms with Crippen LogP contribution in [0.3, 0.4) is 0 Å². The summed E-state index contributed by atoms with van der Waals surface area (Å²) in [5, 5.41) is 7.06. The van der Waals surface area contributed by atoms with Gasteiger partial charge in [-0.25, -0.2) is 0 Å². The summed E-state index contributed by atoms with van der Waals surface area (Å²) in [5.74, 6) is 0.693. The Bertz CT molecular complexity index is 135. The van der Waals surface area contributed by atoms with E-state index in [4.69, 9.17) is 0 Å². The van der Waals surface area contributed by atoms with Crippen LogP contribution in [0.1, 0.15) is 34.1 Å². The minimum atomic E-state index is 0.274. The lowest BCUT2D eigenvalue weighted by Crippen LogP contribution is -2.50. The summed E-state index contributed by atoms with van der Waals surface area (Å²) in [5.41, 5.74) is 0.274. The molecule has 0 aromatic carbocycles. The maximum Gasteiger partial charge on any atom is 0.0209 e. The average molecular weight is 170 g/mol. The number of rotatable bonds is 3. The summed E-state index contributed by atoms with van der Waals surface area (Å²) in [6.07, 6.45) is 1.27. The maximum absolute atomic E-state index is 3.69. The highest BCUT2D eigenvalue weighted by Crippen LogP contribution is 2.17. The Labute approximate surface area is 76.1 Å². The summed E-state index contributed by atoms with van der Waals surface area (Å²) in [7, 11) is 0. The topological polar surface area (TPSA) is 24.1 Å². The molecule has 1 saturated heterocycles. The molecule has 2 nitrogen and oxygen atoms in total. The molecule has 1 rings (SSSR count). The Morgan fingerprint density at radius 2 is 2.08 bits per heavy atom. The van der Waals surface area contributed by atoms with Crippen LogP contribution in [0, 0.1) is 5.92 Å². The van der Waals surface area contributed by atoms with Crippen LogP contribution in [0.5, 0.6) is 0 Å². The second kappa shape index (κ2) is 3.75. The van der Waals surface area contributed by atoms with E-state index in [1.54, 1.807) is 0 Å². The predicted octanol–water partition coefficient (Wildman–Crippen LogP) is 1.37. The first-order chi connectivity index (χ1) is 5.52. The van der Waals surface area contributed by atoms with Crippen molar-refractivity contribution < 1.29 is 0 Å². The average Bonchev–Trinajstić information content (AvgIpc) is 2.38. The lowest BCUT2D eigenvalue weighted by Gasteiger charge is -2.33. The summed E-state index contributed by atoms with van der Waals surface area (Å²) in [4.78, 5) is 0. The number of hydrogen-bond acceptors (Lipinski definition) is 2. The van der Waals surface area contributed by atoms with Crippen molar-refractivity contribution in [2.75, 3.05) is 13.1 Å². The van der Waals surface area contributed by atoms with Crippen LogP contribution in [-0.2, 0) is 0 Å². The van der Waals surface area contributed by atoms with Gasteiger partial charge in [0.1, 0.15) is 0 Å². The molecule has 0 radical (unpaired) electrons. The molecule has 0 aromatic rings. The second-order valence-corrected chi connectivity index (χ2v) is 4.71. The van der Waals surface area contributed by atoms with E-state index in [2.05, 4.69) is 38.3 Å². The van der Waals surface area contributed by atoms with Crippen molar-refractivity contribution in [1.82, 2.24) is 10.6 Å². The van der Waals surface area contributed by atoms with Crippen LogP contribution in [0.25, 0.3) is 0 Å². The zero-order valence-electron chi connectivity index (χ0n) is 8.78. The summed E-state index contributed by atoms with van der Waals surface area (Å²) in [6, 6.07) is 0.683.